The van der Waals surface area contributed by atoms with Crippen LogP contribution in [0.3, 0.4) is 0 Å². The molecule has 2 aromatic rings. The summed E-state index contributed by atoms with van der Waals surface area (Å²) < 4.78 is 1.56. The summed E-state index contributed by atoms with van der Waals surface area (Å²) in [6.07, 6.45) is 5.89. The lowest BCUT2D eigenvalue weighted by Gasteiger charge is -2.22. The number of hydrogen-bond acceptors (Lipinski definition) is 4. The molecule has 2 N–H and O–H groups in total. The molecule has 6 heteroatoms. The standard InChI is InChI=1S/C12H14N4O2/c17-12(18)10-5-11-14-6-9(7-16(11)15-10)8-1-3-13-4-2-8/h5-8,13H,1-4H2,(H,17,18). The minimum atomic E-state index is -1.02. The Morgan fingerprint density at radius 2 is 2.22 bits per heavy atom. The van der Waals surface area contributed by atoms with Gasteiger partial charge in [-0.15, -0.1) is 0 Å². The molecule has 0 amide bonds. The highest BCUT2D eigenvalue weighted by Gasteiger charge is 2.17. The quantitative estimate of drug-likeness (QED) is 0.822. The van der Waals surface area contributed by atoms with E-state index in [4.69, 9.17) is 5.11 Å². The molecule has 6 nitrogen and oxygen atoms in total. The number of rotatable bonds is 2. The molecule has 1 fully saturated rings. The van der Waals surface area contributed by atoms with Crippen molar-refractivity contribution in [2.75, 3.05) is 13.1 Å². The first-order chi connectivity index (χ1) is 8.74. The van der Waals surface area contributed by atoms with Crippen LogP contribution in [0.1, 0.15) is 34.8 Å². The third-order valence-corrected chi connectivity index (χ3v) is 3.36. The van der Waals surface area contributed by atoms with Crippen molar-refractivity contribution in [3.05, 3.63) is 29.7 Å². The summed E-state index contributed by atoms with van der Waals surface area (Å²) in [5.74, 6) is -0.537. The predicted octanol–water partition coefficient (Wildman–Crippen LogP) is 0.894. The first-order valence-corrected chi connectivity index (χ1v) is 6.03. The fourth-order valence-corrected chi connectivity index (χ4v) is 2.36. The third-order valence-electron chi connectivity index (χ3n) is 3.36. The summed E-state index contributed by atoms with van der Waals surface area (Å²) in [4.78, 5) is 15.1. The van der Waals surface area contributed by atoms with Crippen molar-refractivity contribution in [2.24, 2.45) is 0 Å². The number of hydrogen-bond donors (Lipinski definition) is 2. The van der Waals surface area contributed by atoms with Gasteiger partial charge in [0.25, 0.3) is 0 Å². The van der Waals surface area contributed by atoms with E-state index in [2.05, 4.69) is 15.4 Å². The number of aromatic nitrogens is 3. The number of fused-ring (bicyclic) bond motifs is 1. The maximum Gasteiger partial charge on any atom is 0.356 e. The summed E-state index contributed by atoms with van der Waals surface area (Å²) in [6, 6.07) is 1.48. The van der Waals surface area contributed by atoms with E-state index >= 15 is 0 Å². The highest BCUT2D eigenvalue weighted by atomic mass is 16.4. The molecule has 0 radical (unpaired) electrons. The molecule has 3 rings (SSSR count). The predicted molar refractivity (Wildman–Crippen MR) is 64.8 cm³/mol. The number of piperidine rings is 1. The van der Waals surface area contributed by atoms with Gasteiger partial charge in [-0.3, -0.25) is 0 Å². The normalized spacial score (nSPS) is 17.1. The van der Waals surface area contributed by atoms with Crippen molar-refractivity contribution in [1.29, 1.82) is 0 Å². The minimum absolute atomic E-state index is 0.0324. The number of carbonyl (C=O) groups is 1. The van der Waals surface area contributed by atoms with Gasteiger partial charge in [0.1, 0.15) is 0 Å². The van der Waals surface area contributed by atoms with Crippen molar-refractivity contribution in [3.8, 4) is 0 Å². The van der Waals surface area contributed by atoms with E-state index < -0.39 is 5.97 Å². The molecule has 3 heterocycles. The van der Waals surface area contributed by atoms with Crippen molar-refractivity contribution in [3.63, 3.8) is 0 Å². The molecule has 0 atom stereocenters. The van der Waals surface area contributed by atoms with Crippen LogP contribution in [0.2, 0.25) is 0 Å². The molecule has 18 heavy (non-hydrogen) atoms. The zero-order valence-electron chi connectivity index (χ0n) is 9.83. The van der Waals surface area contributed by atoms with Crippen LogP contribution < -0.4 is 5.32 Å². The molecule has 0 unspecified atom stereocenters. The maximum absolute atomic E-state index is 10.8. The summed E-state index contributed by atoms with van der Waals surface area (Å²) in [5, 5.41) is 16.2. The van der Waals surface area contributed by atoms with Gasteiger partial charge in [-0.1, -0.05) is 0 Å². The lowest BCUT2D eigenvalue weighted by atomic mass is 9.92. The van der Waals surface area contributed by atoms with E-state index in [0.29, 0.717) is 11.6 Å². The Kier molecular flexibility index (Phi) is 2.71. The minimum Gasteiger partial charge on any atom is -0.476 e. The highest BCUT2D eigenvalue weighted by Crippen LogP contribution is 2.24. The van der Waals surface area contributed by atoms with Crippen LogP contribution in [0.4, 0.5) is 0 Å². The van der Waals surface area contributed by atoms with Crippen molar-refractivity contribution >= 4 is 11.6 Å². The molecule has 94 valence electrons. The molecule has 1 aliphatic rings. The summed E-state index contributed by atoms with van der Waals surface area (Å²) in [6.45, 7) is 2.03. The zero-order valence-corrected chi connectivity index (χ0v) is 9.83. The third kappa shape index (κ3) is 1.95. The Balaban J connectivity index is 1.96. The van der Waals surface area contributed by atoms with Crippen molar-refractivity contribution in [2.45, 2.75) is 18.8 Å². The van der Waals surface area contributed by atoms with Gasteiger partial charge in [0.05, 0.1) is 0 Å². The van der Waals surface area contributed by atoms with Crippen LogP contribution in [0.5, 0.6) is 0 Å². The van der Waals surface area contributed by atoms with Crippen molar-refractivity contribution < 1.29 is 9.90 Å². The molecule has 0 aliphatic carbocycles. The Hall–Kier alpha value is -1.95. The Morgan fingerprint density at radius 3 is 2.94 bits per heavy atom. The average molecular weight is 246 g/mol. The monoisotopic (exact) mass is 246 g/mol. The number of nitrogens with zero attached hydrogens (tertiary/aromatic N) is 3. The van der Waals surface area contributed by atoms with E-state index in [9.17, 15) is 4.79 Å². The maximum atomic E-state index is 10.8. The molecule has 0 aromatic carbocycles. The summed E-state index contributed by atoms with van der Waals surface area (Å²) >= 11 is 0. The Bertz CT molecular complexity index is 587. The first kappa shape index (κ1) is 11.2. The van der Waals surface area contributed by atoms with E-state index in [-0.39, 0.29) is 5.69 Å². The number of carboxylic acids is 1. The number of nitrogens with one attached hydrogen (secondary N) is 1. The van der Waals surface area contributed by atoms with E-state index in [1.165, 1.54) is 6.07 Å². The van der Waals surface area contributed by atoms with Crippen LogP contribution in [0.15, 0.2) is 18.5 Å². The van der Waals surface area contributed by atoms with E-state index in [0.717, 1.165) is 31.5 Å². The molecule has 0 spiro atoms. The Morgan fingerprint density at radius 1 is 1.44 bits per heavy atom. The van der Waals surface area contributed by atoms with Crippen molar-refractivity contribution in [1.82, 2.24) is 19.9 Å². The lowest BCUT2D eigenvalue weighted by Crippen LogP contribution is -2.26. The first-order valence-electron chi connectivity index (χ1n) is 6.03. The zero-order chi connectivity index (χ0) is 12.5. The SMILES string of the molecule is O=C(O)c1cc2ncc(C3CCNCC3)cn2n1. The number of carboxylic acid groups (broad SMARTS) is 1. The summed E-state index contributed by atoms with van der Waals surface area (Å²) in [7, 11) is 0. The van der Waals surface area contributed by atoms with Gasteiger partial charge in [-0.25, -0.2) is 14.3 Å². The fourth-order valence-electron chi connectivity index (χ4n) is 2.36. The second-order valence-electron chi connectivity index (χ2n) is 4.55. The fraction of sp³-hybridized carbons (Fsp3) is 0.417. The molecule has 1 aliphatic heterocycles. The van der Waals surface area contributed by atoms with Crippen LogP contribution in [0, 0.1) is 0 Å². The lowest BCUT2D eigenvalue weighted by molar-refractivity contribution is 0.0690. The molecule has 2 aromatic heterocycles. The van der Waals surface area contributed by atoms with Gasteiger partial charge in [0.15, 0.2) is 11.3 Å². The highest BCUT2D eigenvalue weighted by molar-refractivity contribution is 5.86. The topological polar surface area (TPSA) is 79.5 Å². The molecule has 0 bridgehead atoms. The Labute approximate surface area is 104 Å². The summed E-state index contributed by atoms with van der Waals surface area (Å²) in [5.41, 5.74) is 1.74. The largest absolute Gasteiger partial charge is 0.476 e. The molecular weight excluding hydrogens is 232 g/mol. The molecular formula is C12H14N4O2. The van der Waals surface area contributed by atoms with Crippen LogP contribution >= 0.6 is 0 Å². The van der Waals surface area contributed by atoms with E-state index in [1.54, 1.807) is 4.52 Å². The molecule has 1 saturated heterocycles. The smallest absolute Gasteiger partial charge is 0.356 e. The van der Waals surface area contributed by atoms with E-state index in [1.807, 2.05) is 12.4 Å². The van der Waals surface area contributed by atoms with Gasteiger partial charge >= 0.3 is 5.97 Å². The van der Waals surface area contributed by atoms with Crippen LogP contribution in [-0.4, -0.2) is 38.8 Å². The second kappa shape index (κ2) is 4.38. The van der Waals surface area contributed by atoms with Gasteiger partial charge in [0.2, 0.25) is 0 Å². The van der Waals surface area contributed by atoms with Crippen LogP contribution in [0.25, 0.3) is 5.65 Å². The average Bonchev–Trinajstić information content (AvgIpc) is 2.82. The second-order valence-corrected chi connectivity index (χ2v) is 4.55. The molecule has 0 saturated carbocycles. The van der Waals surface area contributed by atoms with Gasteiger partial charge in [-0.2, -0.15) is 5.10 Å². The number of aromatic carboxylic acids is 1. The van der Waals surface area contributed by atoms with Gasteiger partial charge in [-0.05, 0) is 37.4 Å². The van der Waals surface area contributed by atoms with Crippen LogP contribution in [-0.2, 0) is 0 Å². The van der Waals surface area contributed by atoms with Gasteiger partial charge < -0.3 is 10.4 Å². The van der Waals surface area contributed by atoms with Gasteiger partial charge in [0, 0.05) is 18.5 Å².